The Morgan fingerprint density at radius 2 is 1.20 bits per heavy atom. The number of alkyl halides is 6. The van der Waals surface area contributed by atoms with E-state index in [9.17, 15) is 26.3 Å². The summed E-state index contributed by atoms with van der Waals surface area (Å²) in [6, 6.07) is -2.13. The largest absolute Gasteiger partial charge is 0.427 e. The molecular formula is C7H11F6NO. The molecule has 0 bridgehead atoms. The monoisotopic (exact) mass is 239 g/mol. The van der Waals surface area contributed by atoms with Gasteiger partial charge in [-0.2, -0.15) is 26.3 Å². The summed E-state index contributed by atoms with van der Waals surface area (Å²) in [5, 5.41) is 8.83. The second kappa shape index (κ2) is 3.82. The molecular weight excluding hydrogens is 228 g/mol. The molecule has 0 unspecified atom stereocenters. The van der Waals surface area contributed by atoms with Gasteiger partial charge in [-0.3, -0.25) is 0 Å². The Labute approximate surface area is 82.5 Å². The van der Waals surface area contributed by atoms with E-state index in [1.54, 1.807) is 0 Å². The van der Waals surface area contributed by atoms with Gasteiger partial charge in [-0.15, -0.1) is 0 Å². The van der Waals surface area contributed by atoms with Crippen LogP contribution in [0.4, 0.5) is 26.3 Å². The van der Waals surface area contributed by atoms with Crippen LogP contribution in [0, 0.1) is 0 Å². The Hall–Kier alpha value is -0.500. The molecule has 0 fully saturated rings. The first-order valence-electron chi connectivity index (χ1n) is 3.88. The Morgan fingerprint density at radius 3 is 1.27 bits per heavy atom. The summed E-state index contributed by atoms with van der Waals surface area (Å²) in [7, 11) is 2.04. The first-order valence-corrected chi connectivity index (χ1v) is 3.88. The molecule has 0 aliphatic rings. The van der Waals surface area contributed by atoms with Gasteiger partial charge < -0.3 is 10.0 Å². The highest BCUT2D eigenvalue weighted by atomic mass is 19.4. The predicted octanol–water partition coefficient (Wildman–Crippen LogP) is 1.79. The lowest BCUT2D eigenvalue weighted by Gasteiger charge is -2.39. The third kappa shape index (κ3) is 2.36. The minimum atomic E-state index is -5.77. The average Bonchev–Trinajstić information content (AvgIpc) is 1.96. The van der Waals surface area contributed by atoms with Gasteiger partial charge >= 0.3 is 12.4 Å². The van der Waals surface area contributed by atoms with Gasteiger partial charge in [-0.25, -0.2) is 0 Å². The van der Waals surface area contributed by atoms with Crippen molar-refractivity contribution in [3.05, 3.63) is 0 Å². The maximum Gasteiger partial charge on any atom is 0.427 e. The Morgan fingerprint density at radius 1 is 0.933 bits per heavy atom. The van der Waals surface area contributed by atoms with Gasteiger partial charge in [0.25, 0.3) is 5.60 Å². The van der Waals surface area contributed by atoms with Crippen LogP contribution in [0.5, 0.6) is 0 Å². The zero-order valence-electron chi connectivity index (χ0n) is 8.24. The van der Waals surface area contributed by atoms with Crippen molar-refractivity contribution >= 4 is 0 Å². The summed E-state index contributed by atoms with van der Waals surface area (Å²) in [5.74, 6) is 0. The molecule has 0 aromatic heterocycles. The summed E-state index contributed by atoms with van der Waals surface area (Å²) in [4.78, 5) is 0.654. The van der Waals surface area contributed by atoms with E-state index >= 15 is 0 Å². The molecule has 1 atom stereocenters. The molecule has 0 amide bonds. The number of rotatable bonds is 2. The molecule has 0 saturated carbocycles. The van der Waals surface area contributed by atoms with Crippen LogP contribution in [0.25, 0.3) is 0 Å². The van der Waals surface area contributed by atoms with Crippen LogP contribution < -0.4 is 0 Å². The maximum absolute atomic E-state index is 12.2. The molecule has 8 heteroatoms. The van der Waals surface area contributed by atoms with Gasteiger partial charge in [0.05, 0.1) is 6.04 Å². The van der Waals surface area contributed by atoms with E-state index in [4.69, 9.17) is 5.11 Å². The van der Waals surface area contributed by atoms with Crippen LogP contribution >= 0.6 is 0 Å². The van der Waals surface area contributed by atoms with Crippen LogP contribution in [-0.4, -0.2) is 48.1 Å². The van der Waals surface area contributed by atoms with Crippen LogP contribution in [0.2, 0.25) is 0 Å². The summed E-state index contributed by atoms with van der Waals surface area (Å²) in [6.45, 7) is 0.654. The summed E-state index contributed by atoms with van der Waals surface area (Å²) < 4.78 is 73.3. The van der Waals surface area contributed by atoms with E-state index in [1.807, 2.05) is 0 Å². The zero-order valence-corrected chi connectivity index (χ0v) is 8.24. The first-order chi connectivity index (χ1) is 6.35. The number of aliphatic hydroxyl groups is 1. The SMILES string of the molecule is C[C@H](N(C)C)C(O)(C(F)(F)F)C(F)(F)F. The number of nitrogens with zero attached hydrogens (tertiary/aromatic N) is 1. The molecule has 0 rings (SSSR count). The smallest absolute Gasteiger partial charge is 0.372 e. The normalized spacial score (nSPS) is 17.0. The lowest BCUT2D eigenvalue weighted by Crippen LogP contribution is -2.66. The van der Waals surface area contributed by atoms with Crippen LogP contribution in [-0.2, 0) is 0 Å². The van der Waals surface area contributed by atoms with Crippen molar-refractivity contribution in [3.63, 3.8) is 0 Å². The Balaban J connectivity index is 5.43. The topological polar surface area (TPSA) is 23.5 Å². The number of likely N-dealkylation sites (N-methyl/N-ethyl adjacent to an activating group) is 1. The van der Waals surface area contributed by atoms with E-state index in [1.165, 1.54) is 0 Å². The number of halogens is 6. The molecule has 1 N–H and O–H groups in total. The van der Waals surface area contributed by atoms with Crippen molar-refractivity contribution in [1.29, 1.82) is 0 Å². The highest BCUT2D eigenvalue weighted by molar-refractivity contribution is 5.01. The van der Waals surface area contributed by atoms with E-state index in [0.29, 0.717) is 11.8 Å². The van der Waals surface area contributed by atoms with Crippen molar-refractivity contribution in [1.82, 2.24) is 4.90 Å². The van der Waals surface area contributed by atoms with Crippen molar-refractivity contribution in [2.45, 2.75) is 30.9 Å². The molecule has 0 saturated heterocycles. The fourth-order valence-corrected chi connectivity index (χ4v) is 1.01. The van der Waals surface area contributed by atoms with Crippen LogP contribution in [0.15, 0.2) is 0 Å². The molecule has 0 aliphatic heterocycles. The molecule has 92 valence electrons. The zero-order chi connectivity index (χ0) is 12.7. The second-order valence-electron chi connectivity index (χ2n) is 3.40. The fourth-order valence-electron chi connectivity index (χ4n) is 1.01. The standard InChI is InChI=1S/C7H11F6NO/c1-4(14(2)3)5(15,6(8,9)10)7(11,12)13/h4,15H,1-3H3/t4-/m0/s1. The van der Waals surface area contributed by atoms with Gasteiger partial charge in [-0.05, 0) is 21.0 Å². The van der Waals surface area contributed by atoms with Gasteiger partial charge in [0.2, 0.25) is 0 Å². The first kappa shape index (κ1) is 14.5. The molecule has 2 nitrogen and oxygen atoms in total. The number of hydrogen-bond donors (Lipinski definition) is 1. The van der Waals surface area contributed by atoms with E-state index in [2.05, 4.69) is 0 Å². The quantitative estimate of drug-likeness (QED) is 0.742. The van der Waals surface area contributed by atoms with Crippen molar-refractivity contribution < 1.29 is 31.4 Å². The van der Waals surface area contributed by atoms with Crippen molar-refractivity contribution in [2.75, 3.05) is 14.1 Å². The third-order valence-electron chi connectivity index (χ3n) is 2.24. The lowest BCUT2D eigenvalue weighted by atomic mass is 9.93. The van der Waals surface area contributed by atoms with Gasteiger partial charge in [0.1, 0.15) is 0 Å². The van der Waals surface area contributed by atoms with E-state index < -0.39 is 24.0 Å². The van der Waals surface area contributed by atoms with Gasteiger partial charge in [0, 0.05) is 0 Å². The fraction of sp³-hybridized carbons (Fsp3) is 1.00. The Bertz CT molecular complexity index is 207. The molecule has 0 aliphatic carbocycles. The highest BCUT2D eigenvalue weighted by Crippen LogP contribution is 2.46. The van der Waals surface area contributed by atoms with Crippen LogP contribution in [0.1, 0.15) is 6.92 Å². The molecule has 0 aromatic rings. The number of hydrogen-bond acceptors (Lipinski definition) is 2. The van der Waals surface area contributed by atoms with Gasteiger partial charge in [-0.1, -0.05) is 0 Å². The highest BCUT2D eigenvalue weighted by Gasteiger charge is 2.73. The molecule has 0 heterocycles. The third-order valence-corrected chi connectivity index (χ3v) is 2.24. The molecule has 15 heavy (non-hydrogen) atoms. The van der Waals surface area contributed by atoms with Crippen molar-refractivity contribution in [3.8, 4) is 0 Å². The molecule has 0 aromatic carbocycles. The molecule has 0 spiro atoms. The second-order valence-corrected chi connectivity index (χ2v) is 3.40. The average molecular weight is 239 g/mol. The minimum Gasteiger partial charge on any atom is -0.372 e. The Kier molecular flexibility index (Phi) is 3.69. The van der Waals surface area contributed by atoms with Gasteiger partial charge in [0.15, 0.2) is 0 Å². The van der Waals surface area contributed by atoms with E-state index in [0.717, 1.165) is 14.1 Å². The van der Waals surface area contributed by atoms with Crippen molar-refractivity contribution in [2.24, 2.45) is 0 Å². The maximum atomic E-state index is 12.2. The lowest BCUT2D eigenvalue weighted by molar-refractivity contribution is -0.381. The van der Waals surface area contributed by atoms with E-state index in [-0.39, 0.29) is 0 Å². The predicted molar refractivity (Wildman–Crippen MR) is 40.2 cm³/mol. The summed E-state index contributed by atoms with van der Waals surface area (Å²) >= 11 is 0. The minimum absolute atomic E-state index is 0.654. The molecule has 0 radical (unpaired) electrons. The summed E-state index contributed by atoms with van der Waals surface area (Å²) in [5.41, 5.74) is -4.72. The van der Waals surface area contributed by atoms with Crippen LogP contribution in [0.3, 0.4) is 0 Å². The summed E-state index contributed by atoms with van der Waals surface area (Å²) in [6.07, 6.45) is -11.5.